The number of rotatable bonds is 1. The van der Waals surface area contributed by atoms with Crippen molar-refractivity contribution in [2.45, 2.75) is 6.42 Å². The van der Waals surface area contributed by atoms with Gasteiger partial charge in [-0.1, -0.05) is 30.3 Å². The molecule has 0 spiro atoms. The number of para-hydroxylation sites is 2. The number of ether oxygens (including phenoxy) is 1. The third-order valence-electron chi connectivity index (χ3n) is 3.37. The third-order valence-corrected chi connectivity index (χ3v) is 3.37. The van der Waals surface area contributed by atoms with Crippen molar-refractivity contribution in [3.63, 3.8) is 0 Å². The highest BCUT2D eigenvalue weighted by Crippen LogP contribution is 2.42. The molecule has 1 heterocycles. The van der Waals surface area contributed by atoms with Gasteiger partial charge in [-0.3, -0.25) is 0 Å². The van der Waals surface area contributed by atoms with E-state index in [1.165, 1.54) is 22.5 Å². The van der Waals surface area contributed by atoms with Crippen LogP contribution < -0.4 is 9.64 Å². The van der Waals surface area contributed by atoms with Crippen LogP contribution in [-0.2, 0) is 6.42 Å². The Morgan fingerprint density at radius 2 is 1.76 bits per heavy atom. The van der Waals surface area contributed by atoms with E-state index < -0.39 is 0 Å². The first kappa shape index (κ1) is 10.2. The van der Waals surface area contributed by atoms with Crippen LogP contribution in [0.15, 0.2) is 42.5 Å². The first-order chi connectivity index (χ1) is 8.31. The second-order valence-electron chi connectivity index (χ2n) is 4.33. The maximum atomic E-state index is 5.46. The van der Waals surface area contributed by atoms with Gasteiger partial charge in [-0.15, -0.1) is 0 Å². The summed E-state index contributed by atoms with van der Waals surface area (Å²) in [5, 5.41) is 0. The van der Waals surface area contributed by atoms with Crippen molar-refractivity contribution >= 4 is 11.4 Å². The quantitative estimate of drug-likeness (QED) is 0.737. The van der Waals surface area contributed by atoms with Crippen LogP contribution >= 0.6 is 0 Å². The van der Waals surface area contributed by atoms with E-state index in [0.717, 1.165) is 12.2 Å². The molecule has 0 fully saturated rings. The fourth-order valence-electron chi connectivity index (χ4n) is 2.57. The smallest absolute Gasteiger partial charge is 0.142 e. The van der Waals surface area contributed by atoms with Crippen molar-refractivity contribution < 1.29 is 4.74 Å². The van der Waals surface area contributed by atoms with Crippen LogP contribution in [0.3, 0.4) is 0 Å². The molecule has 0 amide bonds. The summed E-state index contributed by atoms with van der Waals surface area (Å²) in [6.07, 6.45) is 0.979. The molecule has 1 aliphatic heterocycles. The van der Waals surface area contributed by atoms with Crippen molar-refractivity contribution in [3.8, 4) is 5.75 Å². The van der Waals surface area contributed by atoms with E-state index in [0.29, 0.717) is 0 Å². The Bertz CT molecular complexity index is 563. The van der Waals surface area contributed by atoms with Gasteiger partial charge in [-0.2, -0.15) is 0 Å². The number of benzene rings is 2. The molecule has 3 rings (SSSR count). The molecule has 2 nitrogen and oxygen atoms in total. The van der Waals surface area contributed by atoms with Gasteiger partial charge in [0, 0.05) is 19.2 Å². The Morgan fingerprint density at radius 3 is 2.59 bits per heavy atom. The zero-order valence-electron chi connectivity index (χ0n) is 10.1. The summed E-state index contributed by atoms with van der Waals surface area (Å²) in [6, 6.07) is 14.8. The predicted octanol–water partition coefficient (Wildman–Crippen LogP) is 3.37. The number of anilines is 2. The predicted molar refractivity (Wildman–Crippen MR) is 70.3 cm³/mol. The van der Waals surface area contributed by atoms with Crippen LogP contribution in [0.5, 0.6) is 5.75 Å². The molecule has 0 unspecified atom stereocenters. The second-order valence-corrected chi connectivity index (χ2v) is 4.33. The molecule has 2 aromatic carbocycles. The monoisotopic (exact) mass is 225 g/mol. The second kappa shape index (κ2) is 3.81. The molecule has 0 saturated carbocycles. The van der Waals surface area contributed by atoms with Crippen molar-refractivity contribution in [1.29, 1.82) is 0 Å². The van der Waals surface area contributed by atoms with E-state index in [9.17, 15) is 0 Å². The molecule has 2 aromatic rings. The lowest BCUT2D eigenvalue weighted by atomic mass is 9.95. The first-order valence-electron chi connectivity index (χ1n) is 5.79. The van der Waals surface area contributed by atoms with E-state index in [4.69, 9.17) is 4.74 Å². The van der Waals surface area contributed by atoms with Gasteiger partial charge in [0.15, 0.2) is 0 Å². The van der Waals surface area contributed by atoms with Crippen molar-refractivity contribution in [3.05, 3.63) is 53.6 Å². The van der Waals surface area contributed by atoms with Gasteiger partial charge in [-0.05, 0) is 23.3 Å². The van der Waals surface area contributed by atoms with Crippen molar-refractivity contribution in [2.75, 3.05) is 19.1 Å². The maximum absolute atomic E-state index is 5.46. The van der Waals surface area contributed by atoms with Gasteiger partial charge in [0.2, 0.25) is 0 Å². The normalized spacial score (nSPS) is 12.9. The zero-order chi connectivity index (χ0) is 11.8. The van der Waals surface area contributed by atoms with Gasteiger partial charge in [0.05, 0.1) is 12.8 Å². The topological polar surface area (TPSA) is 12.5 Å². The molecule has 0 bridgehead atoms. The molecular formula is C15H15NO. The standard InChI is InChI=1S/C15H15NO/c1-16-13-8-4-3-6-11(13)10-12-7-5-9-14(17-2)15(12)16/h3-9H,10H2,1-2H3. The molecule has 0 atom stereocenters. The summed E-state index contributed by atoms with van der Waals surface area (Å²) in [5.74, 6) is 0.944. The molecule has 86 valence electrons. The number of nitrogens with zero attached hydrogens (tertiary/aromatic N) is 1. The Hall–Kier alpha value is -1.96. The zero-order valence-corrected chi connectivity index (χ0v) is 10.1. The minimum Gasteiger partial charge on any atom is -0.495 e. The molecule has 0 aliphatic carbocycles. The average molecular weight is 225 g/mol. The van der Waals surface area contributed by atoms with E-state index in [1.807, 2.05) is 6.07 Å². The Kier molecular flexibility index (Phi) is 2.29. The van der Waals surface area contributed by atoms with E-state index in [2.05, 4.69) is 48.3 Å². The van der Waals surface area contributed by atoms with E-state index in [-0.39, 0.29) is 0 Å². The SMILES string of the molecule is COc1cccc2c1N(C)c1ccccc1C2. The molecule has 0 aromatic heterocycles. The Balaban J connectivity index is 2.20. The Labute approximate surface area is 101 Å². The number of hydrogen-bond donors (Lipinski definition) is 0. The lowest BCUT2D eigenvalue weighted by Crippen LogP contribution is -2.19. The number of hydrogen-bond acceptors (Lipinski definition) is 2. The van der Waals surface area contributed by atoms with Crippen LogP contribution in [0.4, 0.5) is 11.4 Å². The fourth-order valence-corrected chi connectivity index (χ4v) is 2.57. The molecule has 0 saturated heterocycles. The largest absolute Gasteiger partial charge is 0.495 e. The minimum atomic E-state index is 0.944. The third kappa shape index (κ3) is 1.48. The lowest BCUT2D eigenvalue weighted by Gasteiger charge is -2.31. The molecule has 0 N–H and O–H groups in total. The molecule has 0 radical (unpaired) electrons. The molecule has 1 aliphatic rings. The fraction of sp³-hybridized carbons (Fsp3) is 0.200. The highest BCUT2D eigenvalue weighted by atomic mass is 16.5. The van der Waals surface area contributed by atoms with Gasteiger partial charge < -0.3 is 9.64 Å². The minimum absolute atomic E-state index is 0.944. The van der Waals surface area contributed by atoms with Crippen LogP contribution in [0.2, 0.25) is 0 Å². The molecule has 17 heavy (non-hydrogen) atoms. The summed E-state index contributed by atoms with van der Waals surface area (Å²) >= 11 is 0. The van der Waals surface area contributed by atoms with E-state index >= 15 is 0 Å². The van der Waals surface area contributed by atoms with Gasteiger partial charge in [-0.25, -0.2) is 0 Å². The Morgan fingerprint density at radius 1 is 1.00 bits per heavy atom. The summed E-state index contributed by atoms with van der Waals surface area (Å²) in [4.78, 5) is 2.22. The maximum Gasteiger partial charge on any atom is 0.142 e. The molecular weight excluding hydrogens is 210 g/mol. The van der Waals surface area contributed by atoms with Gasteiger partial charge in [0.1, 0.15) is 5.75 Å². The first-order valence-corrected chi connectivity index (χ1v) is 5.79. The number of fused-ring (bicyclic) bond motifs is 2. The number of methoxy groups -OCH3 is 1. The van der Waals surface area contributed by atoms with Crippen LogP contribution in [0.25, 0.3) is 0 Å². The summed E-state index contributed by atoms with van der Waals surface area (Å²) in [6.45, 7) is 0. The van der Waals surface area contributed by atoms with Crippen LogP contribution in [0, 0.1) is 0 Å². The van der Waals surface area contributed by atoms with Crippen LogP contribution in [-0.4, -0.2) is 14.2 Å². The van der Waals surface area contributed by atoms with Crippen molar-refractivity contribution in [2.24, 2.45) is 0 Å². The van der Waals surface area contributed by atoms with Crippen molar-refractivity contribution in [1.82, 2.24) is 0 Å². The highest BCUT2D eigenvalue weighted by Gasteiger charge is 2.22. The summed E-state index contributed by atoms with van der Waals surface area (Å²) in [5.41, 5.74) is 5.15. The summed E-state index contributed by atoms with van der Waals surface area (Å²) in [7, 11) is 3.82. The average Bonchev–Trinajstić information content (AvgIpc) is 2.38. The summed E-state index contributed by atoms with van der Waals surface area (Å²) < 4.78 is 5.46. The lowest BCUT2D eigenvalue weighted by molar-refractivity contribution is 0.415. The highest BCUT2D eigenvalue weighted by molar-refractivity contribution is 5.78. The van der Waals surface area contributed by atoms with E-state index in [1.54, 1.807) is 7.11 Å². The molecule has 2 heteroatoms. The van der Waals surface area contributed by atoms with Crippen LogP contribution in [0.1, 0.15) is 11.1 Å². The van der Waals surface area contributed by atoms with Gasteiger partial charge >= 0.3 is 0 Å². The van der Waals surface area contributed by atoms with Gasteiger partial charge in [0.25, 0.3) is 0 Å².